The van der Waals surface area contributed by atoms with Gasteiger partial charge >= 0.3 is 0 Å². The number of halogens is 2. The molecule has 1 aromatic heterocycles. The van der Waals surface area contributed by atoms with Gasteiger partial charge in [-0.1, -0.05) is 6.92 Å². The zero-order valence-corrected chi connectivity index (χ0v) is 17.9. The molecule has 0 saturated carbocycles. The van der Waals surface area contributed by atoms with Gasteiger partial charge in [-0.2, -0.15) is 0 Å². The Bertz CT molecular complexity index is 1070. The fraction of sp³-hybridized carbons (Fsp3) is 0.409. The largest absolute Gasteiger partial charge is 0.503 e. The van der Waals surface area contributed by atoms with Gasteiger partial charge in [-0.15, -0.1) is 0 Å². The van der Waals surface area contributed by atoms with E-state index < -0.39 is 34.6 Å². The zero-order chi connectivity index (χ0) is 23.4. The fourth-order valence-electron chi connectivity index (χ4n) is 3.84. The van der Waals surface area contributed by atoms with Gasteiger partial charge in [0, 0.05) is 51.7 Å². The van der Waals surface area contributed by atoms with Gasteiger partial charge in [0.25, 0.3) is 11.8 Å². The van der Waals surface area contributed by atoms with Crippen molar-refractivity contribution in [3.05, 3.63) is 63.1 Å². The predicted molar refractivity (Wildman–Crippen MR) is 112 cm³/mol. The van der Waals surface area contributed by atoms with E-state index in [0.717, 1.165) is 12.1 Å². The number of carbonyl (C=O) groups is 2. The summed E-state index contributed by atoms with van der Waals surface area (Å²) < 4.78 is 33.1. The van der Waals surface area contributed by atoms with E-state index in [9.17, 15) is 28.3 Å². The lowest BCUT2D eigenvalue weighted by Gasteiger charge is -2.36. The molecule has 3 rings (SSSR count). The minimum Gasteiger partial charge on any atom is -0.503 e. The molecule has 32 heavy (non-hydrogen) atoms. The van der Waals surface area contributed by atoms with Crippen molar-refractivity contribution in [3.8, 4) is 5.75 Å². The van der Waals surface area contributed by atoms with Crippen molar-refractivity contribution in [3.63, 3.8) is 0 Å². The molecule has 0 unspecified atom stereocenters. The Morgan fingerprint density at radius 1 is 1.22 bits per heavy atom. The van der Waals surface area contributed by atoms with E-state index in [1.54, 1.807) is 12.0 Å². The summed E-state index contributed by atoms with van der Waals surface area (Å²) in [6.45, 7) is 2.82. The van der Waals surface area contributed by atoms with E-state index in [1.165, 1.54) is 10.8 Å². The van der Waals surface area contributed by atoms with Crippen LogP contribution < -0.4 is 10.7 Å². The van der Waals surface area contributed by atoms with Crippen LogP contribution in [-0.2, 0) is 17.8 Å². The third-order valence-corrected chi connectivity index (χ3v) is 5.49. The van der Waals surface area contributed by atoms with Gasteiger partial charge in [0.2, 0.25) is 5.43 Å². The number of aromatic hydroxyl groups is 1. The lowest BCUT2D eigenvalue weighted by Crippen LogP contribution is -2.48. The summed E-state index contributed by atoms with van der Waals surface area (Å²) in [5.74, 6) is -3.70. The second-order valence-corrected chi connectivity index (χ2v) is 7.56. The first-order chi connectivity index (χ1) is 15.3. The number of hydrogen-bond acceptors (Lipinski definition) is 5. The number of ether oxygens (including phenoxy) is 1. The highest BCUT2D eigenvalue weighted by atomic mass is 19.1. The molecular formula is C22H25F2N3O5. The molecule has 2 heterocycles. The summed E-state index contributed by atoms with van der Waals surface area (Å²) in [6, 6.07) is 2.71. The number of methoxy groups -OCH3 is 1. The van der Waals surface area contributed by atoms with Crippen LogP contribution in [0.25, 0.3) is 0 Å². The van der Waals surface area contributed by atoms with Gasteiger partial charge in [-0.3, -0.25) is 14.4 Å². The van der Waals surface area contributed by atoms with E-state index in [1.807, 2.05) is 6.92 Å². The number of nitrogens with zero attached hydrogens (tertiary/aromatic N) is 2. The van der Waals surface area contributed by atoms with Crippen LogP contribution in [-0.4, -0.2) is 52.7 Å². The zero-order valence-electron chi connectivity index (χ0n) is 17.9. The predicted octanol–water partition coefficient (Wildman–Crippen LogP) is 2.03. The highest BCUT2D eigenvalue weighted by Crippen LogP contribution is 2.24. The molecule has 2 N–H and O–H groups in total. The number of hydrogen-bond donors (Lipinski definition) is 2. The first-order valence-corrected chi connectivity index (χ1v) is 10.3. The fourth-order valence-corrected chi connectivity index (χ4v) is 3.84. The number of fused-ring (bicyclic) bond motifs is 1. The van der Waals surface area contributed by atoms with Crippen molar-refractivity contribution >= 4 is 11.8 Å². The van der Waals surface area contributed by atoms with Gasteiger partial charge in [0.1, 0.15) is 17.2 Å². The Hall–Kier alpha value is -3.27. The van der Waals surface area contributed by atoms with E-state index in [2.05, 4.69) is 5.32 Å². The van der Waals surface area contributed by atoms with Crippen LogP contribution >= 0.6 is 0 Å². The maximum Gasteiger partial charge on any atom is 0.274 e. The Kier molecular flexibility index (Phi) is 7.24. The Balaban J connectivity index is 1.83. The number of rotatable bonds is 8. The maximum absolute atomic E-state index is 13.3. The van der Waals surface area contributed by atoms with Gasteiger partial charge < -0.3 is 24.6 Å². The van der Waals surface area contributed by atoms with Gasteiger partial charge in [0.15, 0.2) is 11.4 Å². The average molecular weight is 449 g/mol. The number of pyridine rings is 1. The summed E-state index contributed by atoms with van der Waals surface area (Å²) in [7, 11) is 1.57. The van der Waals surface area contributed by atoms with Gasteiger partial charge in [0.05, 0.1) is 0 Å². The summed E-state index contributed by atoms with van der Waals surface area (Å²) >= 11 is 0. The average Bonchev–Trinajstić information content (AvgIpc) is 2.75. The summed E-state index contributed by atoms with van der Waals surface area (Å²) in [6.07, 6.45) is 2.52. The second kappa shape index (κ2) is 9.90. The minimum atomic E-state index is -0.987. The van der Waals surface area contributed by atoms with Crippen LogP contribution in [0.15, 0.2) is 29.2 Å². The van der Waals surface area contributed by atoms with E-state index >= 15 is 0 Å². The van der Waals surface area contributed by atoms with Crippen molar-refractivity contribution < 1.29 is 28.2 Å². The molecule has 0 aliphatic carbocycles. The molecular weight excluding hydrogens is 424 g/mol. The lowest BCUT2D eigenvalue weighted by molar-refractivity contribution is 0.0553. The van der Waals surface area contributed by atoms with Crippen molar-refractivity contribution in [2.45, 2.75) is 38.9 Å². The molecule has 0 saturated heterocycles. The molecule has 0 fully saturated rings. The molecule has 1 atom stereocenters. The molecule has 0 spiro atoms. The van der Waals surface area contributed by atoms with Crippen LogP contribution in [0.3, 0.4) is 0 Å². The molecule has 0 radical (unpaired) electrons. The monoisotopic (exact) mass is 449 g/mol. The summed E-state index contributed by atoms with van der Waals surface area (Å²) in [4.78, 5) is 39.8. The maximum atomic E-state index is 13.3. The highest BCUT2D eigenvalue weighted by molar-refractivity contribution is 5.99. The number of benzene rings is 1. The molecule has 10 heteroatoms. The molecule has 2 amide bonds. The summed E-state index contributed by atoms with van der Waals surface area (Å²) in [5.41, 5.74) is -1.35. The van der Waals surface area contributed by atoms with Crippen LogP contribution in [0.4, 0.5) is 8.78 Å². The normalized spacial score (nSPS) is 14.2. The number of aromatic nitrogens is 1. The van der Waals surface area contributed by atoms with Crippen molar-refractivity contribution in [2.75, 3.05) is 20.3 Å². The quantitative estimate of drug-likeness (QED) is 0.642. The number of carbonyl (C=O) groups excluding carboxylic acids is 2. The Morgan fingerprint density at radius 2 is 1.91 bits per heavy atom. The first kappa shape index (κ1) is 23.4. The third kappa shape index (κ3) is 4.80. The molecule has 0 bridgehead atoms. The van der Waals surface area contributed by atoms with E-state index in [4.69, 9.17) is 4.74 Å². The van der Waals surface area contributed by atoms with E-state index in [-0.39, 0.29) is 36.0 Å². The third-order valence-electron chi connectivity index (χ3n) is 5.49. The second-order valence-electron chi connectivity index (χ2n) is 7.56. The highest BCUT2D eigenvalue weighted by Gasteiger charge is 2.33. The van der Waals surface area contributed by atoms with Gasteiger partial charge in [-0.25, -0.2) is 8.78 Å². The molecule has 2 aromatic rings. The van der Waals surface area contributed by atoms with Crippen LogP contribution in [0.1, 0.15) is 46.2 Å². The Morgan fingerprint density at radius 3 is 2.53 bits per heavy atom. The Labute approximate surface area is 183 Å². The molecule has 8 nitrogen and oxygen atoms in total. The number of nitrogens with one attached hydrogen (secondary N) is 1. The van der Waals surface area contributed by atoms with Crippen molar-refractivity contribution in [1.82, 2.24) is 14.8 Å². The van der Waals surface area contributed by atoms with Crippen LogP contribution in [0, 0.1) is 11.6 Å². The van der Waals surface area contributed by atoms with Crippen LogP contribution in [0.2, 0.25) is 0 Å². The SMILES string of the molecule is CC[C@H](CCOC)N1CCn2cc(C(=O)NCc3cc(F)cc(F)c3)c(=O)c(O)c2C1=O. The minimum absolute atomic E-state index is 0.111. The van der Waals surface area contributed by atoms with Crippen molar-refractivity contribution in [2.24, 2.45) is 0 Å². The standard InChI is InChI=1S/C22H25F2N3O5/c1-3-16(4-7-32-2)27-6-5-26-12-17(19(28)20(29)18(26)22(27)31)21(30)25-11-13-8-14(23)10-15(24)9-13/h8-10,12,16,29H,3-7,11H2,1-2H3,(H,25,30)/t16-/m1/s1. The molecule has 1 aliphatic rings. The molecule has 1 aromatic carbocycles. The molecule has 172 valence electrons. The van der Waals surface area contributed by atoms with E-state index in [0.29, 0.717) is 32.1 Å². The summed E-state index contributed by atoms with van der Waals surface area (Å²) in [5, 5.41) is 12.9. The smallest absolute Gasteiger partial charge is 0.274 e. The molecule has 1 aliphatic heterocycles. The first-order valence-electron chi connectivity index (χ1n) is 10.3. The van der Waals surface area contributed by atoms with Crippen molar-refractivity contribution in [1.29, 1.82) is 0 Å². The van der Waals surface area contributed by atoms with Gasteiger partial charge in [-0.05, 0) is 30.5 Å². The number of amides is 2. The topological polar surface area (TPSA) is 101 Å². The van der Waals surface area contributed by atoms with Crippen LogP contribution in [0.5, 0.6) is 5.75 Å². The lowest BCUT2D eigenvalue weighted by atomic mass is 10.1.